The highest BCUT2D eigenvalue weighted by molar-refractivity contribution is 5.70. The minimum atomic E-state index is -1.00. The van der Waals surface area contributed by atoms with Crippen molar-refractivity contribution < 1.29 is 24.2 Å². The lowest BCUT2D eigenvalue weighted by Crippen LogP contribution is -2.25. The molecule has 0 unspecified atom stereocenters. The molecule has 0 heterocycles. The average Bonchev–Trinajstić information content (AvgIpc) is 3.15. The van der Waals surface area contributed by atoms with E-state index >= 15 is 0 Å². The fourth-order valence-electron chi connectivity index (χ4n) is 5.20. The number of rotatable bonds is 36. The number of ether oxygens (including phenoxy) is 2. The molecule has 5 nitrogen and oxygen atoms in total. The number of esters is 2. The van der Waals surface area contributed by atoms with Crippen molar-refractivity contribution in [2.24, 2.45) is 0 Å². The van der Waals surface area contributed by atoms with Crippen LogP contribution in [0.2, 0.25) is 0 Å². The van der Waals surface area contributed by atoms with Crippen LogP contribution in [0.5, 0.6) is 0 Å². The molecule has 1 N–H and O–H groups in total. The summed E-state index contributed by atoms with van der Waals surface area (Å²) in [7, 11) is 0. The second-order valence-electron chi connectivity index (χ2n) is 13.4. The highest BCUT2D eigenvalue weighted by Gasteiger charge is 2.11. The molecule has 5 heteroatoms. The smallest absolute Gasteiger partial charge is 0.306 e. The van der Waals surface area contributed by atoms with E-state index in [2.05, 4.69) is 98.9 Å². The molecule has 0 aromatic rings. The fraction of sp³-hybridized carbons (Fsp3) is 0.617. The summed E-state index contributed by atoms with van der Waals surface area (Å²) in [6.45, 7) is 4.08. The predicted octanol–water partition coefficient (Wildman–Crippen LogP) is 13.3. The molecule has 0 aromatic carbocycles. The van der Waals surface area contributed by atoms with E-state index < -0.39 is 6.10 Å². The normalized spacial score (nSPS) is 13.2. The van der Waals surface area contributed by atoms with Gasteiger partial charge in [-0.15, -0.1) is 0 Å². The molecule has 52 heavy (non-hydrogen) atoms. The molecule has 0 saturated heterocycles. The molecule has 0 aliphatic heterocycles. The second-order valence-corrected chi connectivity index (χ2v) is 13.4. The van der Waals surface area contributed by atoms with Gasteiger partial charge < -0.3 is 14.6 Å². The van der Waals surface area contributed by atoms with Gasteiger partial charge in [0.25, 0.3) is 0 Å². The van der Waals surface area contributed by atoms with E-state index in [0.29, 0.717) is 12.8 Å². The Kier molecular flexibility index (Phi) is 39.7. The fourth-order valence-corrected chi connectivity index (χ4v) is 5.20. The Morgan fingerprint density at radius 2 is 0.769 bits per heavy atom. The number of unbranched alkanes of at least 4 members (excludes halogenated alkanes) is 12. The van der Waals surface area contributed by atoms with Crippen molar-refractivity contribution in [3.05, 3.63) is 97.2 Å². The van der Waals surface area contributed by atoms with E-state index in [-0.39, 0.29) is 31.6 Å². The van der Waals surface area contributed by atoms with E-state index in [0.717, 1.165) is 64.2 Å². The summed E-state index contributed by atoms with van der Waals surface area (Å²) in [4.78, 5) is 23.9. The van der Waals surface area contributed by atoms with Gasteiger partial charge in [0.05, 0.1) is 0 Å². The summed E-state index contributed by atoms with van der Waals surface area (Å²) in [6, 6.07) is 0. The molecule has 0 aromatic heterocycles. The Bertz CT molecular complexity index is 1040. The van der Waals surface area contributed by atoms with Gasteiger partial charge in [-0.1, -0.05) is 169 Å². The molecule has 0 bridgehead atoms. The second kappa shape index (κ2) is 42.2. The molecule has 0 aliphatic carbocycles. The van der Waals surface area contributed by atoms with Gasteiger partial charge in [-0.3, -0.25) is 9.59 Å². The number of aliphatic hydroxyl groups excluding tert-OH is 1. The van der Waals surface area contributed by atoms with Gasteiger partial charge in [0, 0.05) is 12.8 Å². The van der Waals surface area contributed by atoms with Crippen LogP contribution in [0.4, 0.5) is 0 Å². The number of hydrogen-bond donors (Lipinski definition) is 1. The van der Waals surface area contributed by atoms with E-state index in [9.17, 15) is 14.7 Å². The first kappa shape index (κ1) is 48.8. The van der Waals surface area contributed by atoms with Gasteiger partial charge in [-0.05, 0) is 83.5 Å². The van der Waals surface area contributed by atoms with Crippen molar-refractivity contribution in [1.82, 2.24) is 0 Å². The van der Waals surface area contributed by atoms with Crippen LogP contribution in [0.3, 0.4) is 0 Å². The molecule has 1 atom stereocenters. The molecule has 0 amide bonds. The zero-order valence-electron chi connectivity index (χ0n) is 33.3. The third-order valence-corrected chi connectivity index (χ3v) is 8.32. The lowest BCUT2D eigenvalue weighted by molar-refractivity contribution is -0.152. The maximum absolute atomic E-state index is 12.0. The Hall–Kier alpha value is -3.18. The van der Waals surface area contributed by atoms with Gasteiger partial charge in [0.15, 0.2) is 0 Å². The van der Waals surface area contributed by atoms with Crippen LogP contribution in [0, 0.1) is 0 Å². The quantitative estimate of drug-likeness (QED) is 0.0396. The van der Waals surface area contributed by atoms with Crippen molar-refractivity contribution in [2.45, 2.75) is 174 Å². The topological polar surface area (TPSA) is 72.8 Å². The monoisotopic (exact) mass is 721 g/mol. The van der Waals surface area contributed by atoms with E-state index in [1.807, 2.05) is 12.2 Å². The Labute approximate surface area is 319 Å². The summed E-state index contributed by atoms with van der Waals surface area (Å²) in [6.07, 6.45) is 59.0. The molecule has 0 fully saturated rings. The average molecular weight is 721 g/mol. The number of carbonyl (C=O) groups is 2. The minimum absolute atomic E-state index is 0.148. The van der Waals surface area contributed by atoms with Gasteiger partial charge in [0.2, 0.25) is 0 Å². The Morgan fingerprint density at radius 3 is 1.21 bits per heavy atom. The van der Waals surface area contributed by atoms with Gasteiger partial charge >= 0.3 is 11.9 Å². The summed E-state index contributed by atoms with van der Waals surface area (Å²) >= 11 is 0. The largest absolute Gasteiger partial charge is 0.463 e. The van der Waals surface area contributed by atoms with E-state index in [4.69, 9.17) is 9.47 Å². The van der Waals surface area contributed by atoms with Crippen molar-refractivity contribution in [1.29, 1.82) is 0 Å². The van der Waals surface area contributed by atoms with Crippen LogP contribution in [0.15, 0.2) is 97.2 Å². The van der Waals surface area contributed by atoms with Crippen molar-refractivity contribution in [3.63, 3.8) is 0 Å². The van der Waals surface area contributed by atoms with Crippen LogP contribution in [0.25, 0.3) is 0 Å². The van der Waals surface area contributed by atoms with Crippen molar-refractivity contribution in [2.75, 3.05) is 13.2 Å². The standard InChI is InChI=1S/C47H76O5/c1-3-5-7-9-11-13-15-17-19-21-23-25-27-29-31-33-35-37-39-41-46(49)51-43-45(48)44-52-47(50)42-40-38-36-34-32-30-28-26-24-22-20-18-16-14-12-10-8-6-4-2/h5,7,11-14,17-20,23,25,29,31,35,37,45,48H,3-4,6,8-10,15-16,21-22,24,26-28,30,32-34,36,38-44H2,1-2H3/b7-5-,13-11-,14-12-,19-17-,20-18-,25-23-,31-29-,37-35-/t45-/m0/s1. The van der Waals surface area contributed by atoms with Gasteiger partial charge in [-0.25, -0.2) is 0 Å². The molecular formula is C47H76O5. The van der Waals surface area contributed by atoms with Gasteiger partial charge in [0.1, 0.15) is 19.3 Å². The summed E-state index contributed by atoms with van der Waals surface area (Å²) in [5.74, 6) is -0.672. The zero-order valence-corrected chi connectivity index (χ0v) is 33.3. The molecule has 0 saturated carbocycles. The van der Waals surface area contributed by atoms with Crippen LogP contribution in [-0.2, 0) is 19.1 Å². The van der Waals surface area contributed by atoms with E-state index in [1.165, 1.54) is 70.6 Å². The zero-order chi connectivity index (χ0) is 37.8. The van der Waals surface area contributed by atoms with Crippen molar-refractivity contribution in [3.8, 4) is 0 Å². The number of allylic oxidation sites excluding steroid dienone is 16. The third-order valence-electron chi connectivity index (χ3n) is 8.32. The Morgan fingerprint density at radius 1 is 0.423 bits per heavy atom. The Balaban J connectivity index is 3.58. The van der Waals surface area contributed by atoms with Crippen molar-refractivity contribution >= 4 is 11.9 Å². The maximum Gasteiger partial charge on any atom is 0.306 e. The first-order chi connectivity index (χ1) is 25.6. The highest BCUT2D eigenvalue weighted by atomic mass is 16.6. The number of aliphatic hydroxyl groups is 1. The third kappa shape index (κ3) is 41.2. The summed E-state index contributed by atoms with van der Waals surface area (Å²) < 4.78 is 10.3. The number of carbonyl (C=O) groups excluding carboxylic acids is 2. The molecule has 0 radical (unpaired) electrons. The van der Waals surface area contributed by atoms with Crippen LogP contribution in [0.1, 0.15) is 168 Å². The SMILES string of the molecule is CC/C=C\C/C=C\C/C=C\C/C=C\C/C=C\C/C=C\CCC(=O)OC[C@H](O)COC(=O)CCCCCCCCCCC/C=C\C/C=C\CCCCC. The molecule has 0 aliphatic rings. The first-order valence-corrected chi connectivity index (χ1v) is 20.8. The van der Waals surface area contributed by atoms with Crippen LogP contribution >= 0.6 is 0 Å². The number of hydrogen-bond acceptors (Lipinski definition) is 5. The maximum atomic E-state index is 12.0. The van der Waals surface area contributed by atoms with Crippen LogP contribution < -0.4 is 0 Å². The first-order valence-electron chi connectivity index (χ1n) is 20.8. The minimum Gasteiger partial charge on any atom is -0.463 e. The molecule has 294 valence electrons. The lowest BCUT2D eigenvalue weighted by atomic mass is 10.1. The van der Waals surface area contributed by atoms with Crippen LogP contribution in [-0.4, -0.2) is 36.4 Å². The molecule has 0 spiro atoms. The molecular weight excluding hydrogens is 645 g/mol. The molecule has 0 rings (SSSR count). The summed E-state index contributed by atoms with van der Waals surface area (Å²) in [5, 5.41) is 10.0. The lowest BCUT2D eigenvalue weighted by Gasteiger charge is -2.12. The highest BCUT2D eigenvalue weighted by Crippen LogP contribution is 2.12. The predicted molar refractivity (Wildman–Crippen MR) is 223 cm³/mol. The summed E-state index contributed by atoms with van der Waals surface area (Å²) in [5.41, 5.74) is 0. The van der Waals surface area contributed by atoms with E-state index in [1.54, 1.807) is 0 Å². The van der Waals surface area contributed by atoms with Gasteiger partial charge in [-0.2, -0.15) is 0 Å².